The Balaban J connectivity index is 1.87. The normalized spacial score (nSPS) is 42.4. The van der Waals surface area contributed by atoms with E-state index < -0.39 is 28.1 Å². The van der Waals surface area contributed by atoms with Crippen LogP contribution in [0.3, 0.4) is 0 Å². The fourth-order valence-electron chi connectivity index (χ4n) is 8.11. The highest BCUT2D eigenvalue weighted by atomic mass is 16.5. The summed E-state index contributed by atoms with van der Waals surface area (Å²) in [4.78, 5) is 27.4. The molecule has 3 aliphatic carbocycles. The van der Waals surface area contributed by atoms with E-state index in [0.717, 1.165) is 31.3 Å². The largest absolute Gasteiger partial charge is 0.490 e. The highest BCUT2D eigenvalue weighted by molar-refractivity contribution is 6.19. The van der Waals surface area contributed by atoms with Crippen molar-refractivity contribution in [2.75, 3.05) is 0 Å². The predicted molar refractivity (Wildman–Crippen MR) is 136 cm³/mol. The second-order valence-electron chi connectivity index (χ2n) is 14.7. The van der Waals surface area contributed by atoms with E-state index in [2.05, 4.69) is 27.7 Å². The molecule has 2 saturated carbocycles. The van der Waals surface area contributed by atoms with Gasteiger partial charge in [-0.2, -0.15) is 0 Å². The first kappa shape index (κ1) is 26.9. The summed E-state index contributed by atoms with van der Waals surface area (Å²) in [6.07, 6.45) is 4.26. The third kappa shape index (κ3) is 4.04. The maximum Gasteiger partial charge on any atom is 0.175 e. The number of hydrogen-bond acceptors (Lipinski definition) is 5. The number of ether oxygens (including phenoxy) is 1. The van der Waals surface area contributed by atoms with Crippen LogP contribution in [-0.2, 0) is 14.3 Å². The SMILES string of the molecule is CC(C)C[C@H]1C[C@@]2(CC[C@@H](O)[C@](C)(O)CC[C@@H]3[C@@H]2CC3(C)C)OC2=C1C(=O)C(C)(C)C(=O)C2(C)C. The molecular weight excluding hydrogens is 440 g/mol. The van der Waals surface area contributed by atoms with Crippen LogP contribution in [0, 0.1) is 39.9 Å². The third-order valence-electron chi connectivity index (χ3n) is 10.3. The van der Waals surface area contributed by atoms with Gasteiger partial charge in [-0.15, -0.1) is 0 Å². The van der Waals surface area contributed by atoms with Gasteiger partial charge in [-0.25, -0.2) is 0 Å². The molecule has 5 heteroatoms. The van der Waals surface area contributed by atoms with Gasteiger partial charge < -0.3 is 14.9 Å². The van der Waals surface area contributed by atoms with Crippen molar-refractivity contribution in [1.29, 1.82) is 0 Å². The Kier molecular flexibility index (Phi) is 6.25. The molecule has 0 saturated heterocycles. The van der Waals surface area contributed by atoms with Gasteiger partial charge in [0.15, 0.2) is 11.6 Å². The van der Waals surface area contributed by atoms with Crippen molar-refractivity contribution in [3.63, 3.8) is 0 Å². The highest BCUT2D eigenvalue weighted by Crippen LogP contribution is 2.64. The first-order valence-corrected chi connectivity index (χ1v) is 13.8. The lowest BCUT2D eigenvalue weighted by Crippen LogP contribution is -2.61. The van der Waals surface area contributed by atoms with E-state index in [1.165, 1.54) is 0 Å². The van der Waals surface area contributed by atoms with E-state index >= 15 is 0 Å². The second kappa shape index (κ2) is 8.15. The van der Waals surface area contributed by atoms with E-state index in [1.54, 1.807) is 20.8 Å². The molecule has 1 spiro atoms. The lowest BCUT2D eigenvalue weighted by atomic mass is 9.47. The van der Waals surface area contributed by atoms with Crippen LogP contribution in [0.5, 0.6) is 0 Å². The standard InChI is InChI=1S/C30H48O5/c1-17(2)14-18-15-30(35-24-22(18)23(32)27(5,6)25(33)28(24,7)8)13-11-21(31)29(9,34)12-10-19-20(30)16-26(19,3)4/h17-21,31,34H,10-16H2,1-9H3/t18-,19+,20-,21+,29+,30+/m0/s1. The van der Waals surface area contributed by atoms with Crippen LogP contribution < -0.4 is 0 Å². The monoisotopic (exact) mass is 488 g/mol. The summed E-state index contributed by atoms with van der Waals surface area (Å²) in [5.41, 5.74) is -2.74. The fourth-order valence-corrected chi connectivity index (χ4v) is 8.11. The zero-order valence-electron chi connectivity index (χ0n) is 23.5. The molecule has 5 nitrogen and oxygen atoms in total. The number of allylic oxidation sites excluding steroid dienone is 2. The summed E-state index contributed by atoms with van der Waals surface area (Å²) in [5, 5.41) is 22.0. The Labute approximate surface area is 212 Å². The first-order valence-electron chi connectivity index (χ1n) is 13.8. The number of fused-ring (bicyclic) bond motifs is 2. The van der Waals surface area contributed by atoms with Crippen LogP contribution >= 0.6 is 0 Å². The van der Waals surface area contributed by atoms with Gasteiger partial charge >= 0.3 is 0 Å². The minimum absolute atomic E-state index is 0.0284. The van der Waals surface area contributed by atoms with E-state index in [9.17, 15) is 19.8 Å². The third-order valence-corrected chi connectivity index (χ3v) is 10.3. The van der Waals surface area contributed by atoms with Gasteiger partial charge in [-0.3, -0.25) is 9.59 Å². The van der Waals surface area contributed by atoms with Gasteiger partial charge in [0.2, 0.25) is 0 Å². The highest BCUT2D eigenvalue weighted by Gasteiger charge is 2.64. The molecular formula is C30H48O5. The van der Waals surface area contributed by atoms with Crippen LogP contribution in [0.2, 0.25) is 0 Å². The van der Waals surface area contributed by atoms with Crippen LogP contribution in [0.4, 0.5) is 0 Å². The Morgan fingerprint density at radius 1 is 0.914 bits per heavy atom. The molecule has 0 radical (unpaired) electrons. The number of Topliss-reactive ketones (excluding diaryl/α,β-unsaturated/α-hetero) is 2. The number of aliphatic hydroxyl groups is 2. The second-order valence-corrected chi connectivity index (χ2v) is 14.7. The lowest BCUT2D eigenvalue weighted by molar-refractivity contribution is -0.192. The minimum Gasteiger partial charge on any atom is -0.490 e. The smallest absolute Gasteiger partial charge is 0.175 e. The Morgan fingerprint density at radius 3 is 2.11 bits per heavy atom. The lowest BCUT2D eigenvalue weighted by Gasteiger charge is -2.62. The molecule has 0 amide bonds. The van der Waals surface area contributed by atoms with Crippen molar-refractivity contribution in [1.82, 2.24) is 0 Å². The maximum atomic E-state index is 13.8. The van der Waals surface area contributed by atoms with Crippen molar-refractivity contribution in [2.24, 2.45) is 39.9 Å². The zero-order chi connectivity index (χ0) is 26.4. The molecule has 4 aliphatic rings. The molecule has 198 valence electrons. The molecule has 0 unspecified atom stereocenters. The van der Waals surface area contributed by atoms with Crippen LogP contribution in [0.1, 0.15) is 107 Å². The van der Waals surface area contributed by atoms with E-state index in [1.807, 2.05) is 13.8 Å². The van der Waals surface area contributed by atoms with Gasteiger partial charge in [-0.05, 0) is 103 Å². The zero-order valence-corrected chi connectivity index (χ0v) is 23.5. The number of aliphatic hydroxyl groups excluding tert-OH is 1. The van der Waals surface area contributed by atoms with E-state index in [-0.39, 0.29) is 28.8 Å². The molecule has 1 aliphatic heterocycles. The minimum atomic E-state index is -1.13. The number of ketones is 2. The molecule has 4 rings (SSSR count). The summed E-state index contributed by atoms with van der Waals surface area (Å²) in [6.45, 7) is 18.1. The van der Waals surface area contributed by atoms with Crippen molar-refractivity contribution >= 4 is 11.6 Å². The van der Waals surface area contributed by atoms with Crippen LogP contribution in [-0.4, -0.2) is 39.1 Å². The molecule has 0 bridgehead atoms. The summed E-state index contributed by atoms with van der Waals surface area (Å²) in [5.74, 6) is 1.50. The fraction of sp³-hybridized carbons (Fsp3) is 0.867. The van der Waals surface area contributed by atoms with Crippen molar-refractivity contribution < 1.29 is 24.5 Å². The molecule has 0 aromatic heterocycles. The summed E-state index contributed by atoms with van der Waals surface area (Å²) in [6, 6.07) is 0. The van der Waals surface area contributed by atoms with Crippen LogP contribution in [0.25, 0.3) is 0 Å². The topological polar surface area (TPSA) is 83.8 Å². The predicted octanol–water partition coefficient (Wildman–Crippen LogP) is 5.61. The first-order chi connectivity index (χ1) is 15.9. The number of carbonyl (C=O) groups excluding carboxylic acids is 2. The van der Waals surface area contributed by atoms with Gasteiger partial charge in [0.05, 0.1) is 22.5 Å². The quantitative estimate of drug-likeness (QED) is 0.493. The number of hydrogen-bond donors (Lipinski definition) is 2. The van der Waals surface area contributed by atoms with E-state index in [0.29, 0.717) is 36.9 Å². The molecule has 6 atom stereocenters. The average molecular weight is 489 g/mol. The van der Waals surface area contributed by atoms with Crippen molar-refractivity contribution in [3.8, 4) is 0 Å². The van der Waals surface area contributed by atoms with Gasteiger partial charge in [0.1, 0.15) is 11.4 Å². The Morgan fingerprint density at radius 2 is 1.54 bits per heavy atom. The summed E-state index contributed by atoms with van der Waals surface area (Å²) < 4.78 is 7.06. The van der Waals surface area contributed by atoms with E-state index in [4.69, 9.17) is 4.74 Å². The molecule has 0 aromatic carbocycles. The van der Waals surface area contributed by atoms with Crippen LogP contribution in [0.15, 0.2) is 11.3 Å². The summed E-state index contributed by atoms with van der Waals surface area (Å²) in [7, 11) is 0. The number of carbonyl (C=O) groups is 2. The van der Waals surface area contributed by atoms with Gasteiger partial charge in [-0.1, -0.05) is 27.7 Å². The average Bonchev–Trinajstić information content (AvgIpc) is 2.75. The molecule has 1 heterocycles. The molecule has 35 heavy (non-hydrogen) atoms. The van der Waals surface area contributed by atoms with Gasteiger partial charge in [0.25, 0.3) is 0 Å². The van der Waals surface area contributed by atoms with Crippen molar-refractivity contribution in [3.05, 3.63) is 11.3 Å². The molecule has 2 fully saturated rings. The molecule has 0 aromatic rings. The number of rotatable bonds is 2. The Bertz CT molecular complexity index is 936. The summed E-state index contributed by atoms with van der Waals surface area (Å²) >= 11 is 0. The van der Waals surface area contributed by atoms with Gasteiger partial charge in [0, 0.05) is 11.5 Å². The molecule has 2 N–H and O–H groups in total. The maximum absolute atomic E-state index is 13.8. The Hall–Kier alpha value is -1.20. The van der Waals surface area contributed by atoms with Crippen molar-refractivity contribution in [2.45, 2.75) is 125 Å².